The topological polar surface area (TPSA) is 46.6 Å². The van der Waals surface area contributed by atoms with E-state index >= 15 is 0 Å². The summed E-state index contributed by atoms with van der Waals surface area (Å²) in [5.41, 5.74) is 1.13. The number of rotatable bonds is 7. The highest BCUT2D eigenvalue weighted by molar-refractivity contribution is 9.10. The van der Waals surface area contributed by atoms with Crippen LogP contribution < -0.4 is 0 Å². The minimum absolute atomic E-state index is 0.320. The number of likely N-dealkylation sites (tertiary alicyclic amines) is 1. The van der Waals surface area contributed by atoms with Crippen molar-refractivity contribution in [2.45, 2.75) is 51.0 Å². The Kier molecular flexibility index (Phi) is 6.71. The Morgan fingerprint density at radius 2 is 1.59 bits per heavy atom. The van der Waals surface area contributed by atoms with Crippen LogP contribution in [0.3, 0.4) is 0 Å². The quantitative estimate of drug-likeness (QED) is 0.291. The second-order valence-electron chi connectivity index (χ2n) is 7.30. The number of halogens is 2. The molecule has 3 rings (SSSR count). The van der Waals surface area contributed by atoms with Crippen molar-refractivity contribution in [3.05, 3.63) is 69.9 Å². The van der Waals surface area contributed by atoms with E-state index in [2.05, 4.69) is 36.7 Å². The number of carbonyl (C=O) groups is 2. The summed E-state index contributed by atoms with van der Waals surface area (Å²) in [5, 5.41) is 0. The smallest absolute Gasteiger partial charge is 0.261 e. The zero-order chi connectivity index (χ0) is 21.2. The molecular weight excluding hydrogens is 453 g/mol. The Balaban J connectivity index is 1.95. The van der Waals surface area contributed by atoms with Crippen molar-refractivity contribution in [1.82, 2.24) is 4.90 Å². The van der Waals surface area contributed by atoms with Gasteiger partial charge in [-0.2, -0.15) is 0 Å². The molecule has 0 aliphatic carbocycles. The number of hydrogen-bond acceptors (Lipinski definition) is 3. The van der Waals surface area contributed by atoms with Crippen LogP contribution in [0.1, 0.15) is 42.7 Å². The molecule has 4 nitrogen and oxygen atoms in total. The molecule has 29 heavy (non-hydrogen) atoms. The van der Waals surface area contributed by atoms with E-state index in [9.17, 15) is 14.0 Å². The Hall–Kier alpha value is -1.83. The maximum absolute atomic E-state index is 13.5. The van der Waals surface area contributed by atoms with Crippen molar-refractivity contribution in [3.8, 4) is 0 Å². The standard InChI is InChI=1S/C22H25BrFNO3Si/c1-4-29(5-2,6-3)28-20-19(15-9-13-18(24)14-10-15)25(22(20)27)21(26)16-7-11-17(23)12-8-16/h7-14,19-20H,4-6H2,1-3H3/t19-,20+/m1/s1. The molecule has 0 N–H and O–H groups in total. The van der Waals surface area contributed by atoms with Crippen LogP contribution in [0.15, 0.2) is 53.0 Å². The number of nitrogens with zero attached hydrogens (tertiary/aromatic N) is 1. The molecule has 2 atom stereocenters. The molecule has 2 aromatic rings. The van der Waals surface area contributed by atoms with Crippen molar-refractivity contribution in [2.75, 3.05) is 0 Å². The van der Waals surface area contributed by atoms with Gasteiger partial charge in [0.2, 0.25) is 0 Å². The van der Waals surface area contributed by atoms with Crippen LogP contribution in [0.4, 0.5) is 4.39 Å². The molecule has 1 heterocycles. The summed E-state index contributed by atoms with van der Waals surface area (Å²) >= 11 is 3.35. The first-order valence-corrected chi connectivity index (χ1v) is 13.2. The van der Waals surface area contributed by atoms with Crippen LogP contribution >= 0.6 is 15.9 Å². The van der Waals surface area contributed by atoms with E-state index in [4.69, 9.17) is 4.43 Å². The van der Waals surface area contributed by atoms with E-state index in [1.54, 1.807) is 36.4 Å². The van der Waals surface area contributed by atoms with Gasteiger partial charge in [-0.05, 0) is 60.1 Å². The maximum Gasteiger partial charge on any atom is 0.261 e. The molecule has 7 heteroatoms. The van der Waals surface area contributed by atoms with E-state index in [0.717, 1.165) is 22.6 Å². The molecule has 0 spiro atoms. The van der Waals surface area contributed by atoms with E-state index < -0.39 is 20.5 Å². The number of benzene rings is 2. The summed E-state index contributed by atoms with van der Waals surface area (Å²) in [6.45, 7) is 6.29. The minimum atomic E-state index is -2.07. The Bertz CT molecular complexity index is 876. The first-order valence-electron chi connectivity index (χ1n) is 9.92. The molecule has 0 aromatic heterocycles. The second kappa shape index (κ2) is 8.89. The Morgan fingerprint density at radius 3 is 2.10 bits per heavy atom. The van der Waals surface area contributed by atoms with Gasteiger partial charge in [-0.1, -0.05) is 48.8 Å². The SMILES string of the molecule is CC[Si](CC)(CC)O[C@@H]1C(=O)N(C(=O)c2ccc(Br)cc2)[C@@H]1c1ccc(F)cc1. The molecule has 2 amide bonds. The van der Waals surface area contributed by atoms with Gasteiger partial charge in [0.15, 0.2) is 14.4 Å². The van der Waals surface area contributed by atoms with Crippen LogP contribution in [0, 0.1) is 5.82 Å². The third-order valence-corrected chi connectivity index (χ3v) is 11.0. The zero-order valence-corrected chi connectivity index (χ0v) is 19.4. The summed E-state index contributed by atoms with van der Waals surface area (Å²) in [6.07, 6.45) is -0.702. The van der Waals surface area contributed by atoms with Crippen LogP contribution in [-0.4, -0.2) is 31.1 Å². The van der Waals surface area contributed by atoms with Gasteiger partial charge < -0.3 is 4.43 Å². The van der Waals surface area contributed by atoms with Gasteiger partial charge in [-0.25, -0.2) is 4.39 Å². The fourth-order valence-corrected chi connectivity index (χ4v) is 6.82. The van der Waals surface area contributed by atoms with Crippen molar-refractivity contribution < 1.29 is 18.4 Å². The lowest BCUT2D eigenvalue weighted by Crippen LogP contribution is -2.64. The second-order valence-corrected chi connectivity index (χ2v) is 12.9. The number of imide groups is 1. The molecule has 0 bridgehead atoms. The first kappa shape index (κ1) is 21.9. The molecular formula is C22H25BrFNO3Si. The minimum Gasteiger partial charge on any atom is -0.403 e. The zero-order valence-electron chi connectivity index (χ0n) is 16.8. The summed E-state index contributed by atoms with van der Waals surface area (Å²) in [6, 6.07) is 15.0. The molecule has 1 saturated heterocycles. The molecule has 1 fully saturated rings. The van der Waals surface area contributed by atoms with E-state index in [-0.39, 0.29) is 17.6 Å². The Morgan fingerprint density at radius 1 is 1.03 bits per heavy atom. The molecule has 0 unspecified atom stereocenters. The lowest BCUT2D eigenvalue weighted by molar-refractivity contribution is -0.158. The number of β-lactam (4-membered cyclic amide) rings is 1. The fraction of sp³-hybridized carbons (Fsp3) is 0.364. The first-order chi connectivity index (χ1) is 13.9. The van der Waals surface area contributed by atoms with E-state index in [0.29, 0.717) is 11.1 Å². The van der Waals surface area contributed by atoms with Crippen molar-refractivity contribution in [1.29, 1.82) is 0 Å². The van der Waals surface area contributed by atoms with Gasteiger partial charge in [0.1, 0.15) is 5.82 Å². The maximum atomic E-state index is 13.5. The lowest BCUT2D eigenvalue weighted by Gasteiger charge is -2.48. The summed E-state index contributed by atoms with van der Waals surface area (Å²) in [5.74, 6) is -1.05. The van der Waals surface area contributed by atoms with Gasteiger partial charge >= 0.3 is 0 Å². The highest BCUT2D eigenvalue weighted by atomic mass is 79.9. The van der Waals surface area contributed by atoms with Crippen LogP contribution in [0.25, 0.3) is 0 Å². The Labute approximate surface area is 180 Å². The third kappa shape index (κ3) is 4.22. The summed E-state index contributed by atoms with van der Waals surface area (Å²) in [7, 11) is -2.07. The van der Waals surface area contributed by atoms with Crippen LogP contribution in [0.2, 0.25) is 18.1 Å². The third-order valence-electron chi connectivity index (χ3n) is 5.88. The van der Waals surface area contributed by atoms with Crippen LogP contribution in [-0.2, 0) is 9.22 Å². The highest BCUT2D eigenvalue weighted by Crippen LogP contribution is 2.41. The summed E-state index contributed by atoms with van der Waals surface area (Å²) < 4.78 is 20.8. The van der Waals surface area contributed by atoms with Crippen molar-refractivity contribution >= 4 is 36.1 Å². The highest BCUT2D eigenvalue weighted by Gasteiger charge is 2.54. The predicted octanol–water partition coefficient (Wildman–Crippen LogP) is 5.70. The monoisotopic (exact) mass is 477 g/mol. The number of amides is 2. The molecule has 154 valence electrons. The van der Waals surface area contributed by atoms with Gasteiger partial charge in [-0.3, -0.25) is 14.5 Å². The molecule has 1 aliphatic heterocycles. The van der Waals surface area contributed by atoms with E-state index in [1.165, 1.54) is 17.0 Å². The van der Waals surface area contributed by atoms with Gasteiger partial charge in [0.25, 0.3) is 11.8 Å². The normalized spacial score (nSPS) is 19.2. The van der Waals surface area contributed by atoms with Gasteiger partial charge in [0, 0.05) is 10.0 Å². The predicted molar refractivity (Wildman–Crippen MR) is 117 cm³/mol. The average Bonchev–Trinajstić information content (AvgIpc) is 2.74. The van der Waals surface area contributed by atoms with Crippen LogP contribution in [0.5, 0.6) is 0 Å². The molecule has 1 aliphatic rings. The van der Waals surface area contributed by atoms with E-state index in [1.807, 2.05) is 0 Å². The molecule has 0 saturated carbocycles. The lowest BCUT2D eigenvalue weighted by atomic mass is 9.90. The van der Waals surface area contributed by atoms with Crippen molar-refractivity contribution in [2.24, 2.45) is 0 Å². The van der Waals surface area contributed by atoms with Gasteiger partial charge in [0.05, 0.1) is 6.04 Å². The van der Waals surface area contributed by atoms with Gasteiger partial charge in [-0.15, -0.1) is 0 Å². The average molecular weight is 478 g/mol. The summed E-state index contributed by atoms with van der Waals surface area (Å²) in [4.78, 5) is 27.4. The molecule has 0 radical (unpaired) electrons. The fourth-order valence-electron chi connectivity index (χ4n) is 3.79. The number of carbonyl (C=O) groups excluding carboxylic acids is 2. The largest absolute Gasteiger partial charge is 0.403 e. The molecule has 2 aromatic carbocycles. The number of hydrogen-bond donors (Lipinski definition) is 0. The van der Waals surface area contributed by atoms with Crippen molar-refractivity contribution in [3.63, 3.8) is 0 Å².